The second-order valence-electron chi connectivity index (χ2n) is 7.87. The second-order valence-corrected chi connectivity index (χ2v) is 7.87. The molecule has 0 aromatic heterocycles. The van der Waals surface area contributed by atoms with E-state index in [9.17, 15) is 18.0 Å². The lowest BCUT2D eigenvalue weighted by molar-refractivity contribution is -0.138. The topological polar surface area (TPSA) is 56.6 Å². The van der Waals surface area contributed by atoms with E-state index in [0.717, 1.165) is 12.5 Å². The Morgan fingerprint density at radius 2 is 2.10 bits per heavy atom. The number of likely N-dealkylation sites (tertiary alicyclic amines) is 1. The van der Waals surface area contributed by atoms with Gasteiger partial charge in [0.15, 0.2) is 0 Å². The Labute approximate surface area is 169 Å². The van der Waals surface area contributed by atoms with Crippen LogP contribution in [0.2, 0.25) is 0 Å². The standard InChI is InChI=1S/C21H26F3N3O2/c1-3-19(28)26-8-7-16-11-27(13-20(16,12-26)14-29-4-2)17-6-5-15(10-25)18(9-17)21(22,23)24/h5-6,9,16H,3-4,7-8,11-14H2,1-2H3. The Hall–Kier alpha value is -2.27. The first-order chi connectivity index (χ1) is 13.7. The fraction of sp³-hybridized carbons (Fsp3) is 0.619. The smallest absolute Gasteiger partial charge is 0.381 e. The average Bonchev–Trinajstić information content (AvgIpc) is 3.09. The van der Waals surface area contributed by atoms with Gasteiger partial charge in [-0.05, 0) is 37.5 Å². The molecule has 2 aliphatic heterocycles. The summed E-state index contributed by atoms with van der Waals surface area (Å²) in [6.07, 6.45) is -3.34. The van der Waals surface area contributed by atoms with Crippen molar-refractivity contribution in [2.24, 2.45) is 11.3 Å². The molecule has 1 aromatic carbocycles. The number of benzene rings is 1. The number of alkyl halides is 3. The lowest BCUT2D eigenvalue weighted by Gasteiger charge is -2.43. The molecular weight excluding hydrogens is 383 g/mol. The lowest BCUT2D eigenvalue weighted by atomic mass is 9.74. The first-order valence-corrected chi connectivity index (χ1v) is 9.96. The Balaban J connectivity index is 1.90. The monoisotopic (exact) mass is 409 g/mol. The number of hydrogen-bond acceptors (Lipinski definition) is 4. The van der Waals surface area contributed by atoms with Crippen LogP contribution in [0.5, 0.6) is 0 Å². The molecule has 1 amide bonds. The molecular formula is C21H26F3N3O2. The number of nitriles is 1. The van der Waals surface area contributed by atoms with E-state index < -0.39 is 11.7 Å². The summed E-state index contributed by atoms with van der Waals surface area (Å²) >= 11 is 0. The van der Waals surface area contributed by atoms with Crippen LogP contribution >= 0.6 is 0 Å². The van der Waals surface area contributed by atoms with Crippen molar-refractivity contribution in [2.75, 3.05) is 44.3 Å². The van der Waals surface area contributed by atoms with Crippen molar-refractivity contribution in [3.8, 4) is 6.07 Å². The normalized spacial score (nSPS) is 24.3. The van der Waals surface area contributed by atoms with Gasteiger partial charge in [-0.2, -0.15) is 18.4 Å². The summed E-state index contributed by atoms with van der Waals surface area (Å²) in [6.45, 7) is 7.13. The minimum Gasteiger partial charge on any atom is -0.381 e. The molecule has 3 rings (SSSR count). The van der Waals surface area contributed by atoms with Gasteiger partial charge < -0.3 is 14.5 Å². The van der Waals surface area contributed by atoms with Gasteiger partial charge in [0.2, 0.25) is 5.91 Å². The van der Waals surface area contributed by atoms with Crippen LogP contribution in [-0.4, -0.2) is 50.2 Å². The van der Waals surface area contributed by atoms with Gasteiger partial charge in [-0.25, -0.2) is 0 Å². The Morgan fingerprint density at radius 1 is 1.34 bits per heavy atom. The number of hydrogen-bond donors (Lipinski definition) is 0. The number of nitrogens with zero attached hydrogens (tertiary/aromatic N) is 3. The first kappa shape index (κ1) is 21.4. The van der Waals surface area contributed by atoms with Gasteiger partial charge in [-0.15, -0.1) is 0 Å². The Bertz CT molecular complexity index is 805. The van der Waals surface area contributed by atoms with Gasteiger partial charge in [0.25, 0.3) is 0 Å². The highest BCUT2D eigenvalue weighted by Gasteiger charge is 2.51. The van der Waals surface area contributed by atoms with E-state index in [2.05, 4.69) is 0 Å². The molecule has 0 spiro atoms. The van der Waals surface area contributed by atoms with E-state index in [-0.39, 0.29) is 22.8 Å². The zero-order valence-corrected chi connectivity index (χ0v) is 16.8. The van der Waals surface area contributed by atoms with Gasteiger partial charge in [-0.1, -0.05) is 6.92 Å². The minimum atomic E-state index is -4.58. The number of piperidine rings is 1. The quantitative estimate of drug-likeness (QED) is 0.745. The van der Waals surface area contributed by atoms with Crippen molar-refractivity contribution in [1.82, 2.24) is 4.90 Å². The van der Waals surface area contributed by atoms with Crippen LogP contribution in [-0.2, 0) is 15.7 Å². The third-order valence-corrected chi connectivity index (χ3v) is 6.11. The summed E-state index contributed by atoms with van der Waals surface area (Å²) in [5, 5.41) is 9.03. The molecule has 5 nitrogen and oxygen atoms in total. The highest BCUT2D eigenvalue weighted by atomic mass is 19.4. The third kappa shape index (κ3) is 4.20. The van der Waals surface area contributed by atoms with E-state index in [4.69, 9.17) is 10.00 Å². The molecule has 2 fully saturated rings. The lowest BCUT2D eigenvalue weighted by Crippen LogP contribution is -2.53. The predicted molar refractivity (Wildman–Crippen MR) is 102 cm³/mol. The first-order valence-electron chi connectivity index (χ1n) is 9.96. The van der Waals surface area contributed by atoms with Crippen LogP contribution in [0.25, 0.3) is 0 Å². The highest BCUT2D eigenvalue weighted by molar-refractivity contribution is 5.76. The van der Waals surface area contributed by atoms with E-state index in [0.29, 0.717) is 51.5 Å². The summed E-state index contributed by atoms with van der Waals surface area (Å²) in [4.78, 5) is 16.1. The van der Waals surface area contributed by atoms with E-state index in [1.165, 1.54) is 6.07 Å². The Kier molecular flexibility index (Phi) is 6.08. The number of fused-ring (bicyclic) bond motifs is 1. The second kappa shape index (κ2) is 8.23. The molecule has 158 valence electrons. The largest absolute Gasteiger partial charge is 0.417 e. The van der Waals surface area contributed by atoms with Gasteiger partial charge in [0, 0.05) is 50.3 Å². The fourth-order valence-electron chi connectivity index (χ4n) is 4.59. The molecule has 2 aliphatic rings. The number of carbonyl (C=O) groups excluding carboxylic acids is 1. The maximum absolute atomic E-state index is 13.4. The number of ether oxygens (including phenoxy) is 1. The predicted octanol–water partition coefficient (Wildman–Crippen LogP) is 3.68. The fourth-order valence-corrected chi connectivity index (χ4v) is 4.59. The van der Waals surface area contributed by atoms with Crippen molar-refractivity contribution < 1.29 is 22.7 Å². The summed E-state index contributed by atoms with van der Waals surface area (Å²) in [5.74, 6) is 0.329. The van der Waals surface area contributed by atoms with Crippen LogP contribution in [0.3, 0.4) is 0 Å². The summed E-state index contributed by atoms with van der Waals surface area (Å²) in [7, 11) is 0. The summed E-state index contributed by atoms with van der Waals surface area (Å²) in [6, 6.07) is 5.51. The van der Waals surface area contributed by atoms with Crippen LogP contribution in [0.4, 0.5) is 18.9 Å². The van der Waals surface area contributed by atoms with Crippen molar-refractivity contribution in [1.29, 1.82) is 5.26 Å². The maximum atomic E-state index is 13.4. The number of amides is 1. The molecule has 0 N–H and O–H groups in total. The number of anilines is 1. The zero-order valence-electron chi connectivity index (χ0n) is 16.8. The molecule has 0 aliphatic carbocycles. The minimum absolute atomic E-state index is 0.0931. The third-order valence-electron chi connectivity index (χ3n) is 6.11. The Morgan fingerprint density at radius 3 is 2.72 bits per heavy atom. The summed E-state index contributed by atoms with van der Waals surface area (Å²) in [5.41, 5.74) is -1.13. The zero-order chi connectivity index (χ0) is 21.2. The van der Waals surface area contributed by atoms with Crippen molar-refractivity contribution in [3.63, 3.8) is 0 Å². The molecule has 29 heavy (non-hydrogen) atoms. The molecule has 2 unspecified atom stereocenters. The van der Waals surface area contributed by atoms with Crippen molar-refractivity contribution in [2.45, 2.75) is 32.9 Å². The highest BCUT2D eigenvalue weighted by Crippen LogP contribution is 2.45. The van der Waals surface area contributed by atoms with E-state index in [1.54, 1.807) is 12.1 Å². The molecule has 1 aromatic rings. The van der Waals surface area contributed by atoms with E-state index in [1.807, 2.05) is 23.6 Å². The van der Waals surface area contributed by atoms with Gasteiger partial charge in [-0.3, -0.25) is 4.79 Å². The van der Waals surface area contributed by atoms with Crippen molar-refractivity contribution in [3.05, 3.63) is 29.3 Å². The van der Waals surface area contributed by atoms with Gasteiger partial charge in [0.1, 0.15) is 0 Å². The number of halogens is 3. The number of carbonyl (C=O) groups is 1. The van der Waals surface area contributed by atoms with Crippen LogP contribution < -0.4 is 4.90 Å². The van der Waals surface area contributed by atoms with Crippen LogP contribution in [0, 0.1) is 22.7 Å². The van der Waals surface area contributed by atoms with E-state index >= 15 is 0 Å². The van der Waals surface area contributed by atoms with Gasteiger partial charge >= 0.3 is 6.18 Å². The molecule has 0 bridgehead atoms. The molecule has 2 atom stereocenters. The molecule has 2 heterocycles. The van der Waals surface area contributed by atoms with Crippen LogP contribution in [0.15, 0.2) is 18.2 Å². The average molecular weight is 409 g/mol. The van der Waals surface area contributed by atoms with Gasteiger partial charge in [0.05, 0.1) is 23.8 Å². The maximum Gasteiger partial charge on any atom is 0.417 e. The van der Waals surface area contributed by atoms with Crippen LogP contribution in [0.1, 0.15) is 37.8 Å². The number of rotatable bonds is 5. The molecule has 0 radical (unpaired) electrons. The molecule has 0 saturated carbocycles. The SMILES string of the molecule is CCOCC12CN(C(=O)CC)CCC1CN(c1ccc(C#N)c(C(F)(F)F)c1)C2. The summed E-state index contributed by atoms with van der Waals surface area (Å²) < 4.78 is 45.9. The molecule has 2 saturated heterocycles. The van der Waals surface area contributed by atoms with Crippen molar-refractivity contribution >= 4 is 11.6 Å². The molecule has 8 heteroatoms.